The molecule has 1 heterocycles. The standard InChI is InChI=1S/C19H23F3N2O3/c20-19(21,22)13-27-17(26)24-10-6-14(7-11-24)16(25)23-12-18(8-9-18)15-4-2-1-3-5-15/h1-5,14H,6-13H2,(H,23,25). The van der Waals surface area contributed by atoms with E-state index in [1.807, 2.05) is 18.2 Å². The average Bonchev–Trinajstić information content (AvgIpc) is 3.46. The highest BCUT2D eigenvalue weighted by Gasteiger charge is 2.44. The van der Waals surface area contributed by atoms with Crippen LogP contribution in [0, 0.1) is 5.92 Å². The van der Waals surface area contributed by atoms with Crippen molar-refractivity contribution in [2.24, 2.45) is 5.92 Å². The zero-order chi connectivity index (χ0) is 19.5. The summed E-state index contributed by atoms with van der Waals surface area (Å²) in [5, 5.41) is 3.02. The quantitative estimate of drug-likeness (QED) is 0.848. The Hall–Kier alpha value is -2.25. The van der Waals surface area contributed by atoms with Crippen LogP contribution in [-0.2, 0) is 14.9 Å². The van der Waals surface area contributed by atoms with Crippen molar-refractivity contribution in [1.29, 1.82) is 0 Å². The maximum Gasteiger partial charge on any atom is 0.422 e. The first-order valence-corrected chi connectivity index (χ1v) is 9.11. The van der Waals surface area contributed by atoms with Crippen molar-refractivity contribution in [2.75, 3.05) is 26.2 Å². The average molecular weight is 384 g/mol. The van der Waals surface area contributed by atoms with Gasteiger partial charge in [-0.3, -0.25) is 4.79 Å². The summed E-state index contributed by atoms with van der Waals surface area (Å²) in [6.07, 6.45) is -2.59. The molecule has 1 saturated carbocycles. The fraction of sp³-hybridized carbons (Fsp3) is 0.579. The van der Waals surface area contributed by atoms with Crippen molar-refractivity contribution >= 4 is 12.0 Å². The van der Waals surface area contributed by atoms with Crippen molar-refractivity contribution in [2.45, 2.75) is 37.3 Å². The van der Waals surface area contributed by atoms with Crippen molar-refractivity contribution in [3.63, 3.8) is 0 Å². The minimum atomic E-state index is -4.54. The largest absolute Gasteiger partial charge is 0.440 e. The second-order valence-corrected chi connectivity index (χ2v) is 7.30. The predicted molar refractivity (Wildman–Crippen MR) is 92.1 cm³/mol. The van der Waals surface area contributed by atoms with E-state index in [0.717, 1.165) is 12.8 Å². The van der Waals surface area contributed by atoms with Crippen molar-refractivity contribution in [3.8, 4) is 0 Å². The van der Waals surface area contributed by atoms with Crippen LogP contribution in [0.5, 0.6) is 0 Å². The first-order valence-electron chi connectivity index (χ1n) is 9.11. The maximum atomic E-state index is 12.4. The molecule has 1 N–H and O–H groups in total. The van der Waals surface area contributed by atoms with Crippen molar-refractivity contribution in [3.05, 3.63) is 35.9 Å². The molecule has 0 aromatic heterocycles. The van der Waals surface area contributed by atoms with E-state index in [2.05, 4.69) is 22.2 Å². The number of benzene rings is 1. The van der Waals surface area contributed by atoms with Crippen LogP contribution < -0.4 is 5.32 Å². The Morgan fingerprint density at radius 2 is 1.78 bits per heavy atom. The van der Waals surface area contributed by atoms with Gasteiger partial charge in [0.15, 0.2) is 6.61 Å². The number of nitrogens with one attached hydrogen (secondary N) is 1. The Balaban J connectivity index is 1.42. The van der Waals surface area contributed by atoms with E-state index in [-0.39, 0.29) is 30.3 Å². The third-order valence-electron chi connectivity index (χ3n) is 5.32. The van der Waals surface area contributed by atoms with Crippen LogP contribution in [0.25, 0.3) is 0 Å². The third kappa shape index (κ3) is 5.14. The number of hydrogen-bond donors (Lipinski definition) is 1. The van der Waals surface area contributed by atoms with E-state index in [4.69, 9.17) is 0 Å². The van der Waals surface area contributed by atoms with Crippen LogP contribution in [0.15, 0.2) is 30.3 Å². The predicted octanol–water partition coefficient (Wildman–Crippen LogP) is 3.25. The fourth-order valence-electron chi connectivity index (χ4n) is 3.47. The lowest BCUT2D eigenvalue weighted by Gasteiger charge is -2.31. The number of piperidine rings is 1. The summed E-state index contributed by atoms with van der Waals surface area (Å²) < 4.78 is 40.6. The second kappa shape index (κ2) is 7.78. The Morgan fingerprint density at radius 3 is 2.33 bits per heavy atom. The van der Waals surface area contributed by atoms with Gasteiger partial charge in [0, 0.05) is 31.0 Å². The van der Waals surface area contributed by atoms with Crippen LogP contribution in [-0.4, -0.2) is 49.3 Å². The fourth-order valence-corrected chi connectivity index (χ4v) is 3.47. The van der Waals surface area contributed by atoms with Crippen LogP contribution in [0.3, 0.4) is 0 Å². The molecule has 1 aromatic rings. The molecule has 0 atom stereocenters. The van der Waals surface area contributed by atoms with Gasteiger partial charge in [0.2, 0.25) is 5.91 Å². The summed E-state index contributed by atoms with van der Waals surface area (Å²) in [6.45, 7) is -0.561. The molecule has 1 saturated heterocycles. The first-order chi connectivity index (χ1) is 12.8. The lowest BCUT2D eigenvalue weighted by atomic mass is 9.93. The van der Waals surface area contributed by atoms with Gasteiger partial charge in [-0.05, 0) is 31.2 Å². The molecular weight excluding hydrogens is 361 g/mol. The van der Waals surface area contributed by atoms with Gasteiger partial charge in [-0.25, -0.2) is 4.79 Å². The van der Waals surface area contributed by atoms with E-state index in [1.54, 1.807) is 0 Å². The molecular formula is C19H23F3N2O3. The van der Waals surface area contributed by atoms with E-state index < -0.39 is 18.9 Å². The minimum Gasteiger partial charge on any atom is -0.440 e. The van der Waals surface area contributed by atoms with E-state index in [0.29, 0.717) is 19.4 Å². The summed E-state index contributed by atoms with van der Waals surface area (Å²) in [7, 11) is 0. The zero-order valence-electron chi connectivity index (χ0n) is 14.9. The first kappa shape index (κ1) is 19.5. The summed E-state index contributed by atoms with van der Waals surface area (Å²) in [6, 6.07) is 10.1. The van der Waals surface area contributed by atoms with Gasteiger partial charge in [0.1, 0.15) is 0 Å². The molecule has 0 spiro atoms. The topological polar surface area (TPSA) is 58.6 Å². The molecule has 0 bridgehead atoms. The second-order valence-electron chi connectivity index (χ2n) is 7.30. The van der Waals surface area contributed by atoms with Gasteiger partial charge >= 0.3 is 12.3 Å². The van der Waals surface area contributed by atoms with Crippen LogP contribution in [0.2, 0.25) is 0 Å². The SMILES string of the molecule is O=C(NCC1(c2ccccc2)CC1)C1CCN(C(=O)OCC(F)(F)F)CC1. The molecule has 2 fully saturated rings. The van der Waals surface area contributed by atoms with Gasteiger partial charge < -0.3 is 15.0 Å². The molecule has 5 nitrogen and oxygen atoms in total. The minimum absolute atomic E-state index is 0.0268. The third-order valence-corrected chi connectivity index (χ3v) is 5.32. The maximum absolute atomic E-state index is 12.4. The molecule has 0 radical (unpaired) electrons. The number of carbonyl (C=O) groups is 2. The number of rotatable bonds is 5. The van der Waals surface area contributed by atoms with E-state index in [1.165, 1.54) is 10.5 Å². The highest BCUT2D eigenvalue weighted by Crippen LogP contribution is 2.47. The number of halogens is 3. The summed E-state index contributed by atoms with van der Waals surface area (Å²) in [5.41, 5.74) is 1.26. The van der Waals surface area contributed by atoms with Gasteiger partial charge in [-0.15, -0.1) is 0 Å². The molecule has 3 rings (SSSR count). The van der Waals surface area contributed by atoms with Gasteiger partial charge in [-0.1, -0.05) is 30.3 Å². The molecule has 2 aliphatic rings. The Bertz CT molecular complexity index is 667. The molecule has 0 unspecified atom stereocenters. The molecule has 2 amide bonds. The molecule has 1 aliphatic carbocycles. The van der Waals surface area contributed by atoms with Crippen LogP contribution >= 0.6 is 0 Å². The monoisotopic (exact) mass is 384 g/mol. The molecule has 148 valence electrons. The van der Waals surface area contributed by atoms with Gasteiger partial charge in [0.05, 0.1) is 0 Å². The number of hydrogen-bond acceptors (Lipinski definition) is 3. The smallest absolute Gasteiger partial charge is 0.422 e. The molecule has 8 heteroatoms. The molecule has 1 aliphatic heterocycles. The summed E-state index contributed by atoms with van der Waals surface area (Å²) in [4.78, 5) is 25.3. The summed E-state index contributed by atoms with van der Waals surface area (Å²) in [5.74, 6) is -0.288. The number of amides is 2. The normalized spacial score (nSPS) is 19.4. The number of nitrogens with zero attached hydrogens (tertiary/aromatic N) is 1. The molecule has 1 aromatic carbocycles. The number of alkyl halides is 3. The lowest BCUT2D eigenvalue weighted by Crippen LogP contribution is -2.44. The number of ether oxygens (including phenoxy) is 1. The highest BCUT2D eigenvalue weighted by atomic mass is 19.4. The number of likely N-dealkylation sites (tertiary alicyclic amines) is 1. The van der Waals surface area contributed by atoms with Crippen LogP contribution in [0.4, 0.5) is 18.0 Å². The zero-order valence-corrected chi connectivity index (χ0v) is 14.9. The Labute approximate surface area is 155 Å². The van der Waals surface area contributed by atoms with Gasteiger partial charge in [-0.2, -0.15) is 13.2 Å². The highest BCUT2D eigenvalue weighted by molar-refractivity contribution is 5.79. The van der Waals surface area contributed by atoms with Crippen molar-refractivity contribution in [1.82, 2.24) is 10.2 Å². The lowest BCUT2D eigenvalue weighted by molar-refractivity contribution is -0.162. The molecule has 27 heavy (non-hydrogen) atoms. The Kier molecular flexibility index (Phi) is 5.62. The van der Waals surface area contributed by atoms with E-state index in [9.17, 15) is 22.8 Å². The van der Waals surface area contributed by atoms with Gasteiger partial charge in [0.25, 0.3) is 0 Å². The number of carbonyl (C=O) groups excluding carboxylic acids is 2. The summed E-state index contributed by atoms with van der Waals surface area (Å²) >= 11 is 0. The van der Waals surface area contributed by atoms with Crippen molar-refractivity contribution < 1.29 is 27.5 Å². The Morgan fingerprint density at radius 1 is 1.15 bits per heavy atom. The van der Waals surface area contributed by atoms with Crippen LogP contribution in [0.1, 0.15) is 31.2 Å². The van der Waals surface area contributed by atoms with E-state index >= 15 is 0 Å².